The number of urea groups is 1. The molecule has 0 saturated heterocycles. The second-order valence-corrected chi connectivity index (χ2v) is 6.47. The molecule has 0 aromatic carbocycles. The van der Waals surface area contributed by atoms with Gasteiger partial charge in [0.05, 0.1) is 0 Å². The summed E-state index contributed by atoms with van der Waals surface area (Å²) in [6, 6.07) is 7.39. The normalized spacial score (nSPS) is 20.2. The number of carbonyl (C=O) groups excluding carboxylic acids is 1. The number of aliphatic hydroxyl groups is 1. The highest BCUT2D eigenvalue weighted by atomic mass is 16.3. The van der Waals surface area contributed by atoms with Gasteiger partial charge in [-0.05, 0) is 25.0 Å². The molecule has 25 heavy (non-hydrogen) atoms. The van der Waals surface area contributed by atoms with E-state index >= 15 is 0 Å². The van der Waals surface area contributed by atoms with Crippen LogP contribution in [0.2, 0.25) is 0 Å². The Kier molecular flexibility index (Phi) is 6.00. The molecule has 1 aliphatic rings. The number of rotatable bonds is 6. The van der Waals surface area contributed by atoms with E-state index in [1.807, 2.05) is 24.4 Å². The average Bonchev–Trinajstić information content (AvgIpc) is 3.08. The molecule has 0 spiro atoms. The minimum atomic E-state index is -0.264. The number of pyridine rings is 1. The molecule has 2 heterocycles. The highest BCUT2D eigenvalue weighted by Crippen LogP contribution is 2.24. The van der Waals surface area contributed by atoms with Crippen LogP contribution in [-0.2, 0) is 13.0 Å². The van der Waals surface area contributed by atoms with E-state index in [0.717, 1.165) is 37.8 Å². The molecule has 2 unspecified atom stereocenters. The van der Waals surface area contributed by atoms with E-state index in [1.165, 1.54) is 0 Å². The Morgan fingerprint density at radius 3 is 2.96 bits per heavy atom. The minimum Gasteiger partial charge on any atom is -0.396 e. The molecule has 0 radical (unpaired) electrons. The quantitative estimate of drug-likeness (QED) is 0.750. The van der Waals surface area contributed by atoms with Gasteiger partial charge in [-0.2, -0.15) is 5.10 Å². The summed E-state index contributed by atoms with van der Waals surface area (Å²) in [6.07, 6.45) is 8.49. The summed E-state index contributed by atoms with van der Waals surface area (Å²) < 4.78 is 1.79. The summed E-state index contributed by atoms with van der Waals surface area (Å²) in [6.45, 7) is 0.822. The lowest BCUT2D eigenvalue weighted by molar-refractivity contribution is 0.156. The zero-order valence-corrected chi connectivity index (χ0v) is 14.3. The van der Waals surface area contributed by atoms with Crippen LogP contribution in [0.5, 0.6) is 0 Å². The molecule has 134 valence electrons. The zero-order chi connectivity index (χ0) is 17.5. The third-order valence-corrected chi connectivity index (χ3v) is 4.67. The van der Waals surface area contributed by atoms with E-state index in [4.69, 9.17) is 0 Å². The van der Waals surface area contributed by atoms with Gasteiger partial charge in [-0.25, -0.2) is 4.79 Å². The van der Waals surface area contributed by atoms with Crippen molar-refractivity contribution in [1.82, 2.24) is 20.1 Å². The molecule has 3 rings (SSSR count). The van der Waals surface area contributed by atoms with Crippen LogP contribution in [0.1, 0.15) is 31.4 Å². The number of aliphatic hydroxyl groups excluding tert-OH is 1. The van der Waals surface area contributed by atoms with Gasteiger partial charge in [-0.1, -0.05) is 18.9 Å². The highest BCUT2D eigenvalue weighted by Gasteiger charge is 2.25. The second-order valence-electron chi connectivity index (χ2n) is 6.47. The Morgan fingerprint density at radius 2 is 2.16 bits per heavy atom. The fourth-order valence-corrected chi connectivity index (χ4v) is 3.26. The number of aromatic nitrogens is 3. The molecular weight excluding hydrogens is 318 g/mol. The van der Waals surface area contributed by atoms with Gasteiger partial charge in [-0.15, -0.1) is 0 Å². The van der Waals surface area contributed by atoms with Gasteiger partial charge in [0.25, 0.3) is 0 Å². The lowest BCUT2D eigenvalue weighted by Gasteiger charge is -2.30. The van der Waals surface area contributed by atoms with Crippen molar-refractivity contribution in [1.29, 1.82) is 0 Å². The van der Waals surface area contributed by atoms with Gasteiger partial charge in [0, 0.05) is 55.7 Å². The van der Waals surface area contributed by atoms with Crippen molar-refractivity contribution in [3.05, 3.63) is 42.4 Å². The molecule has 1 aliphatic carbocycles. The molecule has 7 heteroatoms. The number of hydrogen-bond donors (Lipinski definition) is 3. The van der Waals surface area contributed by atoms with E-state index in [-0.39, 0.29) is 24.6 Å². The molecule has 0 aliphatic heterocycles. The van der Waals surface area contributed by atoms with Gasteiger partial charge in [0.2, 0.25) is 0 Å². The van der Waals surface area contributed by atoms with Crippen LogP contribution < -0.4 is 10.6 Å². The number of amides is 2. The number of anilines is 1. The van der Waals surface area contributed by atoms with E-state index in [1.54, 1.807) is 16.9 Å². The van der Waals surface area contributed by atoms with Crippen LogP contribution in [0.3, 0.4) is 0 Å². The summed E-state index contributed by atoms with van der Waals surface area (Å²) in [5.74, 6) is 0.672. The van der Waals surface area contributed by atoms with Crippen molar-refractivity contribution >= 4 is 11.8 Å². The topological polar surface area (TPSA) is 92.1 Å². The maximum absolute atomic E-state index is 12.2. The zero-order valence-electron chi connectivity index (χ0n) is 14.3. The predicted octanol–water partition coefficient (Wildman–Crippen LogP) is 2.19. The summed E-state index contributed by atoms with van der Waals surface area (Å²) in [4.78, 5) is 16.5. The first-order valence-electron chi connectivity index (χ1n) is 8.86. The maximum Gasteiger partial charge on any atom is 0.320 e. The Balaban J connectivity index is 1.48. The molecule has 1 fully saturated rings. The van der Waals surface area contributed by atoms with Crippen LogP contribution in [0.25, 0.3) is 0 Å². The Bertz CT molecular complexity index is 673. The molecule has 2 aromatic rings. The van der Waals surface area contributed by atoms with Gasteiger partial charge in [0.1, 0.15) is 0 Å². The fraction of sp³-hybridized carbons (Fsp3) is 0.500. The summed E-state index contributed by atoms with van der Waals surface area (Å²) >= 11 is 0. The molecule has 0 bridgehead atoms. The van der Waals surface area contributed by atoms with Crippen molar-refractivity contribution in [2.24, 2.45) is 5.92 Å². The molecule has 3 N–H and O–H groups in total. The number of nitrogens with zero attached hydrogens (tertiary/aromatic N) is 3. The minimum absolute atomic E-state index is 0.0324. The third kappa shape index (κ3) is 5.03. The SMILES string of the molecule is O=C(Nc1ccn(CCc2ccccn2)n1)NC1CCCCC1CO. The highest BCUT2D eigenvalue weighted by molar-refractivity contribution is 5.88. The van der Waals surface area contributed by atoms with E-state index in [2.05, 4.69) is 20.7 Å². The first kappa shape index (κ1) is 17.4. The van der Waals surface area contributed by atoms with Crippen LogP contribution >= 0.6 is 0 Å². The number of carbonyl (C=O) groups is 1. The standard InChI is InChI=1S/C18H25N5O2/c24-13-14-5-1-2-7-16(14)20-18(25)21-17-9-12-23(22-17)11-8-15-6-3-4-10-19-15/h3-4,6,9-10,12,14,16,24H,1-2,5,7-8,11,13H2,(H2,20,21,22,25). The predicted molar refractivity (Wildman–Crippen MR) is 95.2 cm³/mol. The monoisotopic (exact) mass is 343 g/mol. The Labute approximate surface area is 147 Å². The molecule has 2 atom stereocenters. The van der Waals surface area contributed by atoms with Crippen molar-refractivity contribution in [2.45, 2.75) is 44.7 Å². The Morgan fingerprint density at radius 1 is 1.28 bits per heavy atom. The smallest absolute Gasteiger partial charge is 0.320 e. The number of aryl methyl sites for hydroxylation is 2. The van der Waals surface area contributed by atoms with E-state index < -0.39 is 0 Å². The van der Waals surface area contributed by atoms with Crippen molar-refractivity contribution in [2.75, 3.05) is 11.9 Å². The van der Waals surface area contributed by atoms with Crippen molar-refractivity contribution in [3.8, 4) is 0 Å². The third-order valence-electron chi connectivity index (χ3n) is 4.67. The average molecular weight is 343 g/mol. The first-order valence-corrected chi connectivity index (χ1v) is 8.86. The molecule has 1 saturated carbocycles. The molecule has 7 nitrogen and oxygen atoms in total. The van der Waals surface area contributed by atoms with Crippen molar-refractivity contribution in [3.63, 3.8) is 0 Å². The van der Waals surface area contributed by atoms with E-state index in [9.17, 15) is 9.90 Å². The van der Waals surface area contributed by atoms with Gasteiger partial charge in [-0.3, -0.25) is 15.0 Å². The van der Waals surface area contributed by atoms with Crippen molar-refractivity contribution < 1.29 is 9.90 Å². The van der Waals surface area contributed by atoms with Gasteiger partial charge in [0.15, 0.2) is 5.82 Å². The fourth-order valence-electron chi connectivity index (χ4n) is 3.26. The van der Waals surface area contributed by atoms with Gasteiger partial charge >= 0.3 is 6.03 Å². The van der Waals surface area contributed by atoms with E-state index in [0.29, 0.717) is 12.4 Å². The first-order chi connectivity index (χ1) is 12.2. The van der Waals surface area contributed by atoms with Gasteiger partial charge < -0.3 is 10.4 Å². The second kappa shape index (κ2) is 8.62. The summed E-state index contributed by atoms with van der Waals surface area (Å²) in [5.41, 5.74) is 1.01. The van der Waals surface area contributed by atoms with Crippen LogP contribution in [0.4, 0.5) is 10.6 Å². The summed E-state index contributed by atoms with van der Waals surface area (Å²) in [5, 5.41) is 19.5. The lowest BCUT2D eigenvalue weighted by atomic mass is 9.85. The van der Waals surface area contributed by atoms with Crippen LogP contribution in [0, 0.1) is 5.92 Å². The summed E-state index contributed by atoms with van der Waals surface area (Å²) in [7, 11) is 0. The van der Waals surface area contributed by atoms with Crippen LogP contribution in [0.15, 0.2) is 36.7 Å². The largest absolute Gasteiger partial charge is 0.396 e. The maximum atomic E-state index is 12.2. The molecule has 2 amide bonds. The number of hydrogen-bond acceptors (Lipinski definition) is 4. The number of nitrogens with one attached hydrogen (secondary N) is 2. The molecule has 2 aromatic heterocycles. The molecular formula is C18H25N5O2. The Hall–Kier alpha value is -2.41. The lowest BCUT2D eigenvalue weighted by Crippen LogP contribution is -2.45. The van der Waals surface area contributed by atoms with Crippen LogP contribution in [-0.4, -0.2) is 38.6 Å².